The van der Waals surface area contributed by atoms with Crippen LogP contribution in [0, 0.1) is 0 Å². The second-order valence-electron chi connectivity index (χ2n) is 4.45. The van der Waals surface area contributed by atoms with Crippen molar-refractivity contribution >= 4 is 5.65 Å². The first-order valence-electron chi connectivity index (χ1n) is 6.36. The van der Waals surface area contributed by atoms with Crippen LogP contribution < -0.4 is 11.0 Å². The van der Waals surface area contributed by atoms with Gasteiger partial charge in [0.05, 0.1) is 25.5 Å². The Kier molecular flexibility index (Phi) is 3.54. The summed E-state index contributed by atoms with van der Waals surface area (Å²) >= 11 is 0. The van der Waals surface area contributed by atoms with E-state index in [4.69, 9.17) is 4.74 Å². The minimum Gasteiger partial charge on any atom is -0.379 e. The first-order chi connectivity index (χ1) is 9.33. The summed E-state index contributed by atoms with van der Waals surface area (Å²) in [6.07, 6.45) is 1.73. The number of pyridine rings is 1. The first kappa shape index (κ1) is 12.3. The second-order valence-corrected chi connectivity index (χ2v) is 4.45. The maximum absolute atomic E-state index is 11.9. The molecule has 0 radical (unpaired) electrons. The molecule has 19 heavy (non-hydrogen) atoms. The Morgan fingerprint density at radius 3 is 3.00 bits per heavy atom. The van der Waals surface area contributed by atoms with E-state index in [0.29, 0.717) is 12.2 Å². The molecule has 3 heterocycles. The quantitative estimate of drug-likeness (QED) is 0.844. The Morgan fingerprint density at radius 1 is 1.32 bits per heavy atom. The lowest BCUT2D eigenvalue weighted by molar-refractivity contribution is 0.0103. The smallest absolute Gasteiger partial charge is 0.258 e. The fourth-order valence-electron chi connectivity index (χ4n) is 2.11. The number of ether oxygens (including phenoxy) is 1. The van der Waals surface area contributed by atoms with Gasteiger partial charge >= 0.3 is 0 Å². The van der Waals surface area contributed by atoms with Gasteiger partial charge in [-0.15, -0.1) is 0 Å². The van der Waals surface area contributed by atoms with E-state index in [0.717, 1.165) is 32.0 Å². The van der Waals surface area contributed by atoms with Gasteiger partial charge in [-0.25, -0.2) is 15.4 Å². The number of morpholine rings is 1. The highest BCUT2D eigenvalue weighted by atomic mass is 16.5. The van der Waals surface area contributed by atoms with Crippen LogP contribution in [-0.2, 0) is 11.3 Å². The van der Waals surface area contributed by atoms with Gasteiger partial charge in [0.25, 0.3) is 5.56 Å². The third-order valence-electron chi connectivity index (χ3n) is 3.12. The van der Waals surface area contributed by atoms with Gasteiger partial charge in [0.1, 0.15) is 5.65 Å². The van der Waals surface area contributed by atoms with E-state index in [-0.39, 0.29) is 5.56 Å². The van der Waals surface area contributed by atoms with Crippen molar-refractivity contribution in [2.45, 2.75) is 6.54 Å². The molecular formula is C13H16N4O2. The molecule has 0 amide bonds. The zero-order valence-corrected chi connectivity index (χ0v) is 10.6. The Hall–Kier alpha value is -1.76. The predicted octanol–water partition coefficient (Wildman–Crippen LogP) is 0.0313. The summed E-state index contributed by atoms with van der Waals surface area (Å²) in [6.45, 7) is 3.74. The Morgan fingerprint density at radius 2 is 2.16 bits per heavy atom. The van der Waals surface area contributed by atoms with E-state index < -0.39 is 0 Å². The van der Waals surface area contributed by atoms with E-state index in [9.17, 15) is 4.79 Å². The first-order valence-corrected chi connectivity index (χ1v) is 6.36. The van der Waals surface area contributed by atoms with Crippen molar-refractivity contribution in [3.8, 4) is 0 Å². The minimum atomic E-state index is -0.0515. The number of fused-ring (bicyclic) bond motifs is 1. The number of hydrazine groups is 1. The number of hydrogen-bond acceptors (Lipinski definition) is 5. The average molecular weight is 260 g/mol. The molecule has 3 rings (SSSR count). The Balaban J connectivity index is 1.75. The van der Waals surface area contributed by atoms with Crippen LogP contribution in [0.1, 0.15) is 5.69 Å². The molecule has 100 valence electrons. The van der Waals surface area contributed by atoms with Crippen molar-refractivity contribution < 1.29 is 4.74 Å². The van der Waals surface area contributed by atoms with Crippen molar-refractivity contribution in [3.05, 3.63) is 46.5 Å². The SMILES string of the molecule is O=c1cc(CNN2CCOCC2)nc2ccccn12. The maximum Gasteiger partial charge on any atom is 0.258 e. The molecule has 6 nitrogen and oxygen atoms in total. The van der Waals surface area contributed by atoms with Crippen molar-refractivity contribution in [3.63, 3.8) is 0 Å². The molecule has 2 aromatic heterocycles. The Labute approximate surface area is 110 Å². The Bertz CT molecular complexity index is 619. The molecule has 0 bridgehead atoms. The van der Waals surface area contributed by atoms with Gasteiger partial charge < -0.3 is 4.74 Å². The van der Waals surface area contributed by atoms with E-state index >= 15 is 0 Å². The summed E-state index contributed by atoms with van der Waals surface area (Å²) in [7, 11) is 0. The zero-order chi connectivity index (χ0) is 13.1. The minimum absolute atomic E-state index is 0.0515. The molecule has 0 aromatic carbocycles. The van der Waals surface area contributed by atoms with Gasteiger partial charge in [-0.05, 0) is 12.1 Å². The summed E-state index contributed by atoms with van der Waals surface area (Å²) in [5, 5.41) is 2.10. The number of hydrogen-bond donors (Lipinski definition) is 1. The van der Waals surface area contributed by atoms with Gasteiger partial charge in [-0.1, -0.05) is 6.07 Å². The molecule has 1 aliphatic rings. The largest absolute Gasteiger partial charge is 0.379 e. The van der Waals surface area contributed by atoms with E-state index in [1.165, 1.54) is 4.40 Å². The van der Waals surface area contributed by atoms with Crippen LogP contribution in [0.3, 0.4) is 0 Å². The van der Waals surface area contributed by atoms with E-state index in [2.05, 4.69) is 15.4 Å². The molecule has 0 aliphatic carbocycles. The number of nitrogens with zero attached hydrogens (tertiary/aromatic N) is 3. The molecule has 0 saturated carbocycles. The summed E-state index contributed by atoms with van der Waals surface area (Å²) in [6, 6.07) is 7.10. The van der Waals surface area contributed by atoms with Crippen LogP contribution in [0.4, 0.5) is 0 Å². The highest BCUT2D eigenvalue weighted by Gasteiger charge is 2.10. The normalized spacial score (nSPS) is 16.8. The molecule has 1 fully saturated rings. The van der Waals surface area contributed by atoms with Crippen LogP contribution in [-0.4, -0.2) is 40.7 Å². The molecule has 0 spiro atoms. The standard InChI is InChI=1S/C13H16N4O2/c18-13-9-11(10-14-16-5-7-19-8-6-16)15-12-3-1-2-4-17(12)13/h1-4,9,14H,5-8,10H2. The number of rotatable bonds is 3. The summed E-state index contributed by atoms with van der Waals surface area (Å²) in [4.78, 5) is 16.4. The van der Waals surface area contributed by atoms with Gasteiger partial charge in [0, 0.05) is 25.4 Å². The van der Waals surface area contributed by atoms with Crippen molar-refractivity contribution in [1.82, 2.24) is 19.8 Å². The predicted molar refractivity (Wildman–Crippen MR) is 70.7 cm³/mol. The summed E-state index contributed by atoms with van der Waals surface area (Å²) in [5.74, 6) is 0. The van der Waals surface area contributed by atoms with Crippen molar-refractivity contribution in [2.24, 2.45) is 0 Å². The van der Waals surface area contributed by atoms with Crippen molar-refractivity contribution in [2.75, 3.05) is 26.3 Å². The van der Waals surface area contributed by atoms with Crippen LogP contribution in [0.15, 0.2) is 35.3 Å². The van der Waals surface area contributed by atoms with Crippen LogP contribution in [0.2, 0.25) is 0 Å². The molecule has 1 aliphatic heterocycles. The molecule has 0 atom stereocenters. The topological polar surface area (TPSA) is 58.9 Å². The lowest BCUT2D eigenvalue weighted by atomic mass is 10.3. The zero-order valence-electron chi connectivity index (χ0n) is 10.6. The molecule has 1 N–H and O–H groups in total. The van der Waals surface area contributed by atoms with Gasteiger partial charge in [0.15, 0.2) is 0 Å². The second kappa shape index (κ2) is 5.48. The van der Waals surface area contributed by atoms with Gasteiger partial charge in [0.2, 0.25) is 0 Å². The third-order valence-corrected chi connectivity index (χ3v) is 3.12. The number of aromatic nitrogens is 2. The van der Waals surface area contributed by atoms with Crippen LogP contribution in [0.5, 0.6) is 0 Å². The highest BCUT2D eigenvalue weighted by Crippen LogP contribution is 1.99. The highest BCUT2D eigenvalue weighted by molar-refractivity contribution is 5.37. The van der Waals surface area contributed by atoms with Crippen LogP contribution >= 0.6 is 0 Å². The lowest BCUT2D eigenvalue weighted by Gasteiger charge is -2.27. The third kappa shape index (κ3) is 2.81. The summed E-state index contributed by atoms with van der Waals surface area (Å²) < 4.78 is 6.82. The fraction of sp³-hybridized carbons (Fsp3) is 0.385. The average Bonchev–Trinajstić information content (AvgIpc) is 2.46. The van der Waals surface area contributed by atoms with Gasteiger partial charge in [-0.3, -0.25) is 9.20 Å². The number of nitrogens with one attached hydrogen (secondary N) is 1. The lowest BCUT2D eigenvalue weighted by Crippen LogP contribution is -2.45. The molecule has 0 unspecified atom stereocenters. The van der Waals surface area contributed by atoms with E-state index in [1.807, 2.05) is 18.2 Å². The maximum atomic E-state index is 11.9. The van der Waals surface area contributed by atoms with Gasteiger partial charge in [-0.2, -0.15) is 0 Å². The fourth-order valence-corrected chi connectivity index (χ4v) is 2.11. The van der Waals surface area contributed by atoms with E-state index in [1.54, 1.807) is 12.3 Å². The molecular weight excluding hydrogens is 244 g/mol. The van der Waals surface area contributed by atoms with Crippen molar-refractivity contribution in [1.29, 1.82) is 0 Å². The summed E-state index contributed by atoms with van der Waals surface area (Å²) in [5.41, 5.74) is 4.65. The molecule has 1 saturated heterocycles. The monoisotopic (exact) mass is 260 g/mol. The molecule has 6 heteroatoms. The van der Waals surface area contributed by atoms with Crippen LogP contribution in [0.25, 0.3) is 5.65 Å². The molecule has 2 aromatic rings.